The Kier molecular flexibility index (Phi) is 9.41. The Hall–Kier alpha value is -2.75. The lowest BCUT2D eigenvalue weighted by atomic mass is 10.2. The molecule has 180 valence electrons. The van der Waals surface area contributed by atoms with Crippen LogP contribution in [0.2, 0.25) is 0 Å². The molecule has 1 aliphatic heterocycles. The van der Waals surface area contributed by atoms with Gasteiger partial charge in [-0.05, 0) is 29.9 Å². The Balaban J connectivity index is 1.77. The monoisotopic (exact) mass is 475 g/mol. The van der Waals surface area contributed by atoms with E-state index < -0.39 is 0 Å². The summed E-state index contributed by atoms with van der Waals surface area (Å²) in [5.74, 6) is 2.78. The second-order valence-electron chi connectivity index (χ2n) is 7.60. The lowest BCUT2D eigenvalue weighted by Crippen LogP contribution is -2.43. The number of ether oxygens (including phenoxy) is 5. The van der Waals surface area contributed by atoms with Gasteiger partial charge in [-0.2, -0.15) is 0 Å². The van der Waals surface area contributed by atoms with Crippen LogP contribution < -0.4 is 24.3 Å². The number of morpholine rings is 1. The number of hydrogen-bond acceptors (Lipinski definition) is 7. The van der Waals surface area contributed by atoms with Crippen molar-refractivity contribution in [3.05, 3.63) is 42.0 Å². The molecular weight excluding hydrogens is 442 g/mol. The molecule has 0 radical (unpaired) electrons. The van der Waals surface area contributed by atoms with Gasteiger partial charge in [0.1, 0.15) is 11.5 Å². The van der Waals surface area contributed by atoms with Crippen LogP contribution in [0, 0.1) is 0 Å². The molecule has 8 nitrogen and oxygen atoms in total. The molecule has 0 amide bonds. The molecule has 1 saturated heterocycles. The summed E-state index contributed by atoms with van der Waals surface area (Å²) in [6.07, 6.45) is 0. The number of methoxy groups -OCH3 is 4. The largest absolute Gasteiger partial charge is 0.497 e. The van der Waals surface area contributed by atoms with Crippen molar-refractivity contribution in [3.63, 3.8) is 0 Å². The average Bonchev–Trinajstić information content (AvgIpc) is 2.86. The molecular formula is C24H33N3O5S. The van der Waals surface area contributed by atoms with Crippen LogP contribution in [0.4, 0.5) is 5.69 Å². The third-order valence-corrected chi connectivity index (χ3v) is 5.86. The summed E-state index contributed by atoms with van der Waals surface area (Å²) >= 11 is 5.83. The molecule has 0 unspecified atom stereocenters. The summed E-state index contributed by atoms with van der Waals surface area (Å²) in [6.45, 7) is 5.66. The summed E-state index contributed by atoms with van der Waals surface area (Å²) < 4.78 is 27.1. The van der Waals surface area contributed by atoms with Crippen molar-refractivity contribution >= 4 is 23.0 Å². The fourth-order valence-electron chi connectivity index (χ4n) is 3.62. The van der Waals surface area contributed by atoms with Crippen LogP contribution in [0.5, 0.6) is 23.0 Å². The van der Waals surface area contributed by atoms with E-state index in [1.54, 1.807) is 28.4 Å². The fourth-order valence-corrected chi connectivity index (χ4v) is 3.89. The molecule has 2 aromatic rings. The zero-order chi connectivity index (χ0) is 23.6. The minimum Gasteiger partial charge on any atom is -0.497 e. The third-order valence-electron chi connectivity index (χ3n) is 5.50. The molecule has 0 saturated carbocycles. The van der Waals surface area contributed by atoms with Crippen molar-refractivity contribution in [2.45, 2.75) is 6.54 Å². The second-order valence-corrected chi connectivity index (χ2v) is 7.98. The molecule has 33 heavy (non-hydrogen) atoms. The minimum atomic E-state index is 0.619. The lowest BCUT2D eigenvalue weighted by Gasteiger charge is -2.31. The zero-order valence-corrected chi connectivity index (χ0v) is 20.6. The molecule has 0 aliphatic carbocycles. The standard InChI is InChI=1S/C24H33N3O5S/c1-28-20-14-19(15-21(16-20)29-2)25-24(33)27(8-7-26-9-11-32-12-10-26)17-18-5-6-22(30-3)23(13-18)31-4/h5-6,13-16H,7-12,17H2,1-4H3,(H,25,33). The van der Waals surface area contributed by atoms with E-state index in [2.05, 4.69) is 15.1 Å². The second kappa shape index (κ2) is 12.5. The maximum atomic E-state index is 5.83. The van der Waals surface area contributed by atoms with E-state index in [4.69, 9.17) is 35.9 Å². The van der Waals surface area contributed by atoms with E-state index in [1.807, 2.05) is 36.4 Å². The third kappa shape index (κ3) is 7.12. The normalized spacial score (nSPS) is 13.8. The van der Waals surface area contributed by atoms with Crippen molar-refractivity contribution in [1.29, 1.82) is 0 Å². The number of hydrogen-bond donors (Lipinski definition) is 1. The van der Waals surface area contributed by atoms with Gasteiger partial charge in [0.25, 0.3) is 0 Å². The van der Waals surface area contributed by atoms with E-state index in [9.17, 15) is 0 Å². The van der Waals surface area contributed by atoms with Gasteiger partial charge in [-0.3, -0.25) is 4.90 Å². The van der Waals surface area contributed by atoms with Crippen LogP contribution in [0.1, 0.15) is 5.56 Å². The van der Waals surface area contributed by atoms with Gasteiger partial charge in [-0.25, -0.2) is 0 Å². The van der Waals surface area contributed by atoms with Gasteiger partial charge in [0.05, 0.1) is 41.7 Å². The molecule has 2 aromatic carbocycles. The van der Waals surface area contributed by atoms with E-state index in [1.165, 1.54) is 0 Å². The van der Waals surface area contributed by atoms with Crippen LogP contribution >= 0.6 is 12.2 Å². The topological polar surface area (TPSA) is 64.7 Å². The summed E-state index contributed by atoms with van der Waals surface area (Å²) in [7, 11) is 6.53. The number of rotatable bonds is 10. The number of nitrogens with zero attached hydrogens (tertiary/aromatic N) is 2. The van der Waals surface area contributed by atoms with Crippen molar-refractivity contribution in [2.24, 2.45) is 0 Å². The van der Waals surface area contributed by atoms with Crippen LogP contribution in [0.25, 0.3) is 0 Å². The van der Waals surface area contributed by atoms with Gasteiger partial charge in [0.15, 0.2) is 16.6 Å². The average molecular weight is 476 g/mol. The maximum Gasteiger partial charge on any atom is 0.173 e. The fraction of sp³-hybridized carbons (Fsp3) is 0.458. The van der Waals surface area contributed by atoms with E-state index in [0.29, 0.717) is 34.7 Å². The van der Waals surface area contributed by atoms with Gasteiger partial charge in [-0.1, -0.05) is 6.07 Å². The highest BCUT2D eigenvalue weighted by atomic mass is 32.1. The highest BCUT2D eigenvalue weighted by Gasteiger charge is 2.17. The first kappa shape index (κ1) is 24.9. The maximum absolute atomic E-state index is 5.83. The molecule has 0 bridgehead atoms. The number of thiocarbonyl (C=S) groups is 1. The van der Waals surface area contributed by atoms with Crippen LogP contribution in [0.3, 0.4) is 0 Å². The molecule has 0 atom stereocenters. The predicted molar refractivity (Wildman–Crippen MR) is 133 cm³/mol. The summed E-state index contributed by atoms with van der Waals surface area (Å²) in [5.41, 5.74) is 1.88. The highest BCUT2D eigenvalue weighted by molar-refractivity contribution is 7.80. The van der Waals surface area contributed by atoms with Crippen LogP contribution in [-0.2, 0) is 11.3 Å². The molecule has 3 rings (SSSR count). The van der Waals surface area contributed by atoms with E-state index >= 15 is 0 Å². The quantitative estimate of drug-likeness (QED) is 0.522. The number of anilines is 1. The van der Waals surface area contributed by atoms with Crippen molar-refractivity contribution in [1.82, 2.24) is 9.80 Å². The summed E-state index contributed by atoms with van der Waals surface area (Å²) in [4.78, 5) is 4.54. The Labute approximate surface area is 201 Å². The SMILES string of the molecule is COc1cc(NC(=S)N(CCN2CCOCC2)Cc2ccc(OC)c(OC)c2)cc(OC)c1. The zero-order valence-electron chi connectivity index (χ0n) is 19.8. The van der Waals surface area contributed by atoms with Crippen molar-refractivity contribution in [2.75, 3.05) is 73.1 Å². The Morgan fingerprint density at radius 1 is 0.939 bits per heavy atom. The molecule has 1 fully saturated rings. The molecule has 0 spiro atoms. The van der Waals surface area contributed by atoms with Crippen molar-refractivity contribution in [3.8, 4) is 23.0 Å². The van der Waals surface area contributed by atoms with Gasteiger partial charge < -0.3 is 33.9 Å². The van der Waals surface area contributed by atoms with Crippen molar-refractivity contribution < 1.29 is 23.7 Å². The van der Waals surface area contributed by atoms with E-state index in [-0.39, 0.29) is 0 Å². The lowest BCUT2D eigenvalue weighted by molar-refractivity contribution is 0.0358. The molecule has 1 aliphatic rings. The predicted octanol–water partition coefficient (Wildman–Crippen LogP) is 3.25. The van der Waals surface area contributed by atoms with Gasteiger partial charge >= 0.3 is 0 Å². The van der Waals surface area contributed by atoms with Gasteiger partial charge in [0, 0.05) is 56.6 Å². The van der Waals surface area contributed by atoms with E-state index in [0.717, 1.165) is 50.6 Å². The molecule has 1 N–H and O–H groups in total. The summed E-state index contributed by atoms with van der Waals surface area (Å²) in [5, 5.41) is 3.97. The Morgan fingerprint density at radius 3 is 2.21 bits per heavy atom. The Bertz CT molecular complexity index is 899. The first-order chi connectivity index (χ1) is 16.1. The molecule has 0 aromatic heterocycles. The van der Waals surface area contributed by atoms with Gasteiger partial charge in [-0.15, -0.1) is 0 Å². The Morgan fingerprint density at radius 2 is 1.61 bits per heavy atom. The van der Waals surface area contributed by atoms with Gasteiger partial charge in [0.2, 0.25) is 0 Å². The smallest absolute Gasteiger partial charge is 0.173 e. The first-order valence-electron chi connectivity index (χ1n) is 10.9. The first-order valence-corrected chi connectivity index (χ1v) is 11.3. The summed E-state index contributed by atoms with van der Waals surface area (Å²) in [6, 6.07) is 11.5. The number of nitrogens with one attached hydrogen (secondary N) is 1. The molecule has 9 heteroatoms. The minimum absolute atomic E-state index is 0.619. The molecule has 1 heterocycles. The highest BCUT2D eigenvalue weighted by Crippen LogP contribution is 2.29. The number of benzene rings is 2. The van der Waals surface area contributed by atoms with Crippen LogP contribution in [-0.4, -0.2) is 82.7 Å². The van der Waals surface area contributed by atoms with Crippen LogP contribution in [0.15, 0.2) is 36.4 Å².